The molecule has 0 aromatic rings. The van der Waals surface area contributed by atoms with Crippen molar-refractivity contribution in [2.75, 3.05) is 33.5 Å². The number of aliphatic hydroxyl groups is 1. The zero-order valence-corrected chi connectivity index (χ0v) is 10.2. The first kappa shape index (κ1) is 13.9. The monoisotopic (exact) mass is 232 g/mol. The highest BCUT2D eigenvalue weighted by molar-refractivity contribution is 4.71. The highest BCUT2D eigenvalue weighted by Gasteiger charge is 2.19. The average Bonchev–Trinajstić information content (AvgIpc) is 2.30. The summed E-state index contributed by atoms with van der Waals surface area (Å²) >= 11 is 0. The lowest BCUT2D eigenvalue weighted by Crippen LogP contribution is -2.24. The van der Waals surface area contributed by atoms with Crippen LogP contribution >= 0.6 is 0 Å². The standard InChI is InChI=1S/C12H24O4/c1-14-9-10-15-7-2-8-16-12-5-3-11(13)4-6-12/h11-13H,2-10H2,1H3. The van der Waals surface area contributed by atoms with Crippen molar-refractivity contribution >= 4 is 0 Å². The van der Waals surface area contributed by atoms with E-state index in [1.807, 2.05) is 0 Å². The molecule has 0 saturated heterocycles. The van der Waals surface area contributed by atoms with Gasteiger partial charge in [-0.1, -0.05) is 0 Å². The third kappa shape index (κ3) is 6.43. The Morgan fingerprint density at radius 1 is 1.00 bits per heavy atom. The van der Waals surface area contributed by atoms with Crippen molar-refractivity contribution in [3.8, 4) is 0 Å². The highest BCUT2D eigenvalue weighted by atomic mass is 16.5. The normalized spacial score (nSPS) is 25.9. The van der Waals surface area contributed by atoms with Crippen LogP contribution in [0.4, 0.5) is 0 Å². The van der Waals surface area contributed by atoms with E-state index in [9.17, 15) is 5.11 Å². The average molecular weight is 232 g/mol. The van der Waals surface area contributed by atoms with Gasteiger partial charge in [0.15, 0.2) is 0 Å². The molecule has 0 atom stereocenters. The van der Waals surface area contributed by atoms with E-state index in [0.29, 0.717) is 19.3 Å². The van der Waals surface area contributed by atoms with E-state index < -0.39 is 0 Å². The van der Waals surface area contributed by atoms with Crippen molar-refractivity contribution in [1.82, 2.24) is 0 Å². The molecule has 1 saturated carbocycles. The van der Waals surface area contributed by atoms with Gasteiger partial charge in [-0.05, 0) is 32.1 Å². The van der Waals surface area contributed by atoms with Gasteiger partial charge in [0.2, 0.25) is 0 Å². The fourth-order valence-corrected chi connectivity index (χ4v) is 1.87. The first-order valence-corrected chi connectivity index (χ1v) is 6.19. The summed E-state index contributed by atoms with van der Waals surface area (Å²) in [5, 5.41) is 9.33. The molecule has 1 fully saturated rings. The number of hydrogen-bond acceptors (Lipinski definition) is 4. The Hall–Kier alpha value is -0.160. The summed E-state index contributed by atoms with van der Waals surface area (Å²) in [6.45, 7) is 2.81. The van der Waals surface area contributed by atoms with Gasteiger partial charge in [-0.2, -0.15) is 0 Å². The van der Waals surface area contributed by atoms with Crippen LogP contribution in [0.1, 0.15) is 32.1 Å². The lowest BCUT2D eigenvalue weighted by atomic mass is 9.95. The van der Waals surface area contributed by atoms with Crippen molar-refractivity contribution in [3.05, 3.63) is 0 Å². The molecule has 0 aromatic carbocycles. The summed E-state index contributed by atoms with van der Waals surface area (Å²) in [5.74, 6) is 0. The van der Waals surface area contributed by atoms with Gasteiger partial charge in [-0.15, -0.1) is 0 Å². The topological polar surface area (TPSA) is 47.9 Å². The van der Waals surface area contributed by atoms with Crippen molar-refractivity contribution in [1.29, 1.82) is 0 Å². The Morgan fingerprint density at radius 3 is 2.44 bits per heavy atom. The fraction of sp³-hybridized carbons (Fsp3) is 1.00. The van der Waals surface area contributed by atoms with Crippen LogP contribution in [0, 0.1) is 0 Å². The van der Waals surface area contributed by atoms with E-state index in [4.69, 9.17) is 14.2 Å². The molecule has 0 amide bonds. The smallest absolute Gasteiger partial charge is 0.0700 e. The fourth-order valence-electron chi connectivity index (χ4n) is 1.87. The first-order valence-electron chi connectivity index (χ1n) is 6.19. The van der Waals surface area contributed by atoms with Gasteiger partial charge in [0, 0.05) is 20.3 Å². The van der Waals surface area contributed by atoms with Gasteiger partial charge in [0.25, 0.3) is 0 Å². The van der Waals surface area contributed by atoms with Crippen LogP contribution in [0.2, 0.25) is 0 Å². The Balaban J connectivity index is 1.84. The largest absolute Gasteiger partial charge is 0.393 e. The third-order valence-electron chi connectivity index (χ3n) is 2.86. The lowest BCUT2D eigenvalue weighted by Gasteiger charge is -2.25. The Bertz CT molecular complexity index is 155. The van der Waals surface area contributed by atoms with E-state index >= 15 is 0 Å². The van der Waals surface area contributed by atoms with Gasteiger partial charge in [0.1, 0.15) is 0 Å². The molecule has 1 aliphatic rings. The van der Waals surface area contributed by atoms with Gasteiger partial charge < -0.3 is 19.3 Å². The van der Waals surface area contributed by atoms with Crippen molar-refractivity contribution in [3.63, 3.8) is 0 Å². The van der Waals surface area contributed by atoms with E-state index in [0.717, 1.165) is 45.3 Å². The molecule has 4 heteroatoms. The SMILES string of the molecule is COCCOCCCOC1CCC(O)CC1. The minimum absolute atomic E-state index is 0.0998. The summed E-state index contributed by atoms with van der Waals surface area (Å²) in [5.41, 5.74) is 0. The Morgan fingerprint density at radius 2 is 1.75 bits per heavy atom. The van der Waals surface area contributed by atoms with Crippen molar-refractivity contribution in [2.45, 2.75) is 44.3 Å². The van der Waals surface area contributed by atoms with E-state index in [-0.39, 0.29) is 6.10 Å². The van der Waals surface area contributed by atoms with E-state index in [1.54, 1.807) is 7.11 Å². The highest BCUT2D eigenvalue weighted by Crippen LogP contribution is 2.20. The first-order chi connectivity index (χ1) is 7.83. The second-order valence-electron chi connectivity index (χ2n) is 4.26. The van der Waals surface area contributed by atoms with E-state index in [1.165, 1.54) is 0 Å². The second kappa shape index (κ2) is 8.93. The number of ether oxygens (including phenoxy) is 3. The summed E-state index contributed by atoms with van der Waals surface area (Å²) in [6, 6.07) is 0. The summed E-state index contributed by atoms with van der Waals surface area (Å²) in [7, 11) is 1.67. The molecule has 1 rings (SSSR count). The maximum Gasteiger partial charge on any atom is 0.0700 e. The van der Waals surface area contributed by atoms with Gasteiger partial charge >= 0.3 is 0 Å². The van der Waals surface area contributed by atoms with Crippen LogP contribution in [0.25, 0.3) is 0 Å². The number of rotatable bonds is 8. The number of methoxy groups -OCH3 is 1. The molecule has 96 valence electrons. The van der Waals surface area contributed by atoms with Gasteiger partial charge in [0.05, 0.1) is 25.4 Å². The minimum atomic E-state index is -0.0998. The molecular formula is C12H24O4. The van der Waals surface area contributed by atoms with E-state index in [2.05, 4.69) is 0 Å². The zero-order valence-electron chi connectivity index (χ0n) is 10.2. The quantitative estimate of drug-likeness (QED) is 0.642. The summed E-state index contributed by atoms with van der Waals surface area (Å²) in [6.07, 6.45) is 4.93. The molecule has 1 aliphatic carbocycles. The second-order valence-corrected chi connectivity index (χ2v) is 4.26. The number of aliphatic hydroxyl groups excluding tert-OH is 1. The molecule has 0 unspecified atom stereocenters. The van der Waals surface area contributed by atoms with Gasteiger partial charge in [-0.3, -0.25) is 0 Å². The van der Waals surface area contributed by atoms with Gasteiger partial charge in [-0.25, -0.2) is 0 Å². The summed E-state index contributed by atoms with van der Waals surface area (Å²) in [4.78, 5) is 0. The van der Waals surface area contributed by atoms with Crippen LogP contribution in [0.3, 0.4) is 0 Å². The predicted octanol–water partition coefficient (Wildman–Crippen LogP) is 1.36. The van der Waals surface area contributed by atoms with Crippen LogP contribution in [-0.4, -0.2) is 50.9 Å². The number of hydrogen-bond donors (Lipinski definition) is 1. The third-order valence-corrected chi connectivity index (χ3v) is 2.86. The minimum Gasteiger partial charge on any atom is -0.393 e. The van der Waals surface area contributed by atoms with Crippen LogP contribution < -0.4 is 0 Å². The molecule has 4 nitrogen and oxygen atoms in total. The maximum atomic E-state index is 9.33. The molecule has 1 N–H and O–H groups in total. The van der Waals surface area contributed by atoms with Crippen LogP contribution in [0.5, 0.6) is 0 Å². The molecule has 0 radical (unpaired) electrons. The lowest BCUT2D eigenvalue weighted by molar-refractivity contribution is -0.0137. The maximum absolute atomic E-state index is 9.33. The molecule has 16 heavy (non-hydrogen) atoms. The van der Waals surface area contributed by atoms with Crippen molar-refractivity contribution in [2.24, 2.45) is 0 Å². The molecular weight excluding hydrogens is 208 g/mol. The van der Waals surface area contributed by atoms with Crippen LogP contribution in [0.15, 0.2) is 0 Å². The molecule has 0 bridgehead atoms. The Labute approximate surface area is 97.9 Å². The molecule has 0 spiro atoms. The molecule has 0 aromatic heterocycles. The predicted molar refractivity (Wildman–Crippen MR) is 61.5 cm³/mol. The Kier molecular flexibility index (Phi) is 7.76. The van der Waals surface area contributed by atoms with Crippen molar-refractivity contribution < 1.29 is 19.3 Å². The zero-order chi connectivity index (χ0) is 11.6. The molecule has 0 aliphatic heterocycles. The summed E-state index contributed by atoms with van der Waals surface area (Å²) < 4.78 is 15.9. The molecule has 0 heterocycles. The van der Waals surface area contributed by atoms with Crippen LogP contribution in [-0.2, 0) is 14.2 Å².